The van der Waals surface area contributed by atoms with Crippen LogP contribution in [0.4, 0.5) is 0 Å². The molecule has 2 aromatic rings. The number of aliphatic hydroxyl groups is 1. The summed E-state index contributed by atoms with van der Waals surface area (Å²) in [7, 11) is 3.68. The van der Waals surface area contributed by atoms with Crippen molar-refractivity contribution in [2.24, 2.45) is 18.9 Å². The molecule has 3 atom stereocenters. The fraction of sp³-hybridized carbons (Fsp3) is 0.550. The lowest BCUT2D eigenvalue weighted by Gasteiger charge is -2.42. The van der Waals surface area contributed by atoms with Crippen LogP contribution in [0.3, 0.4) is 0 Å². The minimum Gasteiger partial charge on any atom is -0.496 e. The molecule has 1 aliphatic heterocycles. The summed E-state index contributed by atoms with van der Waals surface area (Å²) in [4.78, 5) is 2.47. The molecule has 134 valence electrons. The summed E-state index contributed by atoms with van der Waals surface area (Å²) < 4.78 is 7.49. The first kappa shape index (κ1) is 16.6. The molecule has 2 fully saturated rings. The van der Waals surface area contributed by atoms with Gasteiger partial charge in [-0.05, 0) is 37.3 Å². The van der Waals surface area contributed by atoms with Crippen LogP contribution in [0.2, 0.25) is 0 Å². The number of hydrogen-bond acceptors (Lipinski definition) is 4. The standard InChI is InChI=1S/C20H27N3O2/c1-22-16(9-11-21-22)13-23-12-15-6-5-10-20(24,18(15)14-23)17-7-3-4-8-19(17)25-2/h3-4,7-9,11,15,18,24H,5-6,10,12-14H2,1-2H3/t15-,18+,20+/m0/s1. The fourth-order valence-electron chi connectivity index (χ4n) is 4.86. The Morgan fingerprint density at radius 1 is 1.28 bits per heavy atom. The maximum Gasteiger partial charge on any atom is 0.124 e. The molecular formula is C20H27N3O2. The molecule has 1 saturated heterocycles. The molecule has 0 spiro atoms. The average Bonchev–Trinajstić information content (AvgIpc) is 3.22. The van der Waals surface area contributed by atoms with Gasteiger partial charge in [-0.2, -0.15) is 5.10 Å². The molecule has 25 heavy (non-hydrogen) atoms. The summed E-state index contributed by atoms with van der Waals surface area (Å²) in [5.41, 5.74) is 1.38. The van der Waals surface area contributed by atoms with E-state index in [1.165, 1.54) is 12.1 Å². The number of aromatic nitrogens is 2. The van der Waals surface area contributed by atoms with E-state index in [1.807, 2.05) is 42.2 Å². The topological polar surface area (TPSA) is 50.5 Å². The lowest BCUT2D eigenvalue weighted by atomic mass is 9.67. The van der Waals surface area contributed by atoms with Crippen LogP contribution in [-0.2, 0) is 19.2 Å². The Balaban J connectivity index is 1.60. The molecule has 1 aliphatic carbocycles. The lowest BCUT2D eigenvalue weighted by Crippen LogP contribution is -2.43. The number of benzene rings is 1. The van der Waals surface area contributed by atoms with E-state index >= 15 is 0 Å². The number of methoxy groups -OCH3 is 1. The van der Waals surface area contributed by atoms with Crippen LogP contribution in [0.25, 0.3) is 0 Å². The number of fused-ring (bicyclic) bond motifs is 1. The maximum absolute atomic E-state index is 11.7. The van der Waals surface area contributed by atoms with E-state index in [1.54, 1.807) is 7.11 Å². The molecule has 1 aromatic carbocycles. The first-order chi connectivity index (χ1) is 12.1. The normalized spacial score (nSPS) is 29.6. The third-order valence-corrected chi connectivity index (χ3v) is 6.14. The van der Waals surface area contributed by atoms with E-state index in [4.69, 9.17) is 4.74 Å². The second-order valence-corrected chi connectivity index (χ2v) is 7.52. The van der Waals surface area contributed by atoms with Gasteiger partial charge in [0.25, 0.3) is 0 Å². The molecule has 1 aromatic heterocycles. The van der Waals surface area contributed by atoms with Crippen molar-refractivity contribution in [1.29, 1.82) is 0 Å². The summed E-state index contributed by atoms with van der Waals surface area (Å²) in [6, 6.07) is 10.0. The smallest absolute Gasteiger partial charge is 0.124 e. The number of nitrogens with zero attached hydrogens (tertiary/aromatic N) is 3. The van der Waals surface area contributed by atoms with Gasteiger partial charge in [0.2, 0.25) is 0 Å². The predicted octanol–water partition coefficient (Wildman–Crippen LogP) is 2.55. The van der Waals surface area contributed by atoms with Crippen LogP contribution in [0, 0.1) is 11.8 Å². The van der Waals surface area contributed by atoms with Crippen molar-refractivity contribution < 1.29 is 9.84 Å². The van der Waals surface area contributed by atoms with Gasteiger partial charge in [-0.15, -0.1) is 0 Å². The monoisotopic (exact) mass is 341 g/mol. The first-order valence-electron chi connectivity index (χ1n) is 9.17. The molecule has 0 bridgehead atoms. The molecule has 4 rings (SSSR count). The van der Waals surface area contributed by atoms with Gasteiger partial charge in [0.1, 0.15) is 5.75 Å². The second-order valence-electron chi connectivity index (χ2n) is 7.52. The molecule has 1 saturated carbocycles. The van der Waals surface area contributed by atoms with Crippen molar-refractivity contribution >= 4 is 0 Å². The van der Waals surface area contributed by atoms with E-state index in [2.05, 4.69) is 16.1 Å². The summed E-state index contributed by atoms with van der Waals surface area (Å²) >= 11 is 0. The van der Waals surface area contributed by atoms with Gasteiger partial charge in [-0.3, -0.25) is 9.58 Å². The highest BCUT2D eigenvalue weighted by atomic mass is 16.5. The van der Waals surface area contributed by atoms with Gasteiger partial charge in [0.15, 0.2) is 0 Å². The molecule has 2 heterocycles. The first-order valence-corrected chi connectivity index (χ1v) is 9.17. The fourth-order valence-corrected chi connectivity index (χ4v) is 4.86. The van der Waals surface area contributed by atoms with Gasteiger partial charge in [0, 0.05) is 44.4 Å². The van der Waals surface area contributed by atoms with E-state index < -0.39 is 5.60 Å². The Hall–Kier alpha value is -1.85. The second kappa shape index (κ2) is 6.46. The van der Waals surface area contributed by atoms with E-state index in [9.17, 15) is 5.11 Å². The van der Waals surface area contributed by atoms with Crippen molar-refractivity contribution in [3.63, 3.8) is 0 Å². The molecule has 1 N–H and O–H groups in total. The van der Waals surface area contributed by atoms with E-state index in [0.29, 0.717) is 5.92 Å². The SMILES string of the molecule is COc1ccccc1[C@]1(O)CCC[C@H]2CN(Cc3ccnn3C)C[C@H]21. The Morgan fingerprint density at radius 2 is 2.12 bits per heavy atom. The Labute approximate surface area is 149 Å². The zero-order chi connectivity index (χ0) is 17.4. The number of para-hydroxylation sites is 1. The number of rotatable bonds is 4. The summed E-state index contributed by atoms with van der Waals surface area (Å²) in [5, 5.41) is 16.0. The third-order valence-electron chi connectivity index (χ3n) is 6.14. The highest BCUT2D eigenvalue weighted by molar-refractivity contribution is 5.39. The number of ether oxygens (including phenoxy) is 1. The largest absolute Gasteiger partial charge is 0.496 e. The molecule has 0 unspecified atom stereocenters. The van der Waals surface area contributed by atoms with Crippen molar-refractivity contribution in [3.05, 3.63) is 47.8 Å². The van der Waals surface area contributed by atoms with Gasteiger partial charge >= 0.3 is 0 Å². The number of likely N-dealkylation sites (tertiary alicyclic amines) is 1. The average molecular weight is 341 g/mol. The van der Waals surface area contributed by atoms with Crippen LogP contribution in [-0.4, -0.2) is 40.0 Å². The summed E-state index contributed by atoms with van der Waals surface area (Å²) in [6.07, 6.45) is 4.93. The molecule has 0 amide bonds. The minimum absolute atomic E-state index is 0.255. The van der Waals surface area contributed by atoms with Gasteiger partial charge < -0.3 is 9.84 Å². The Bertz CT molecular complexity index is 744. The zero-order valence-electron chi connectivity index (χ0n) is 15.1. The lowest BCUT2D eigenvalue weighted by molar-refractivity contribution is -0.0662. The van der Waals surface area contributed by atoms with E-state index in [0.717, 1.165) is 43.8 Å². The molecule has 5 nitrogen and oxygen atoms in total. The molecule has 5 heteroatoms. The van der Waals surface area contributed by atoms with Crippen molar-refractivity contribution in [2.75, 3.05) is 20.2 Å². The number of hydrogen-bond donors (Lipinski definition) is 1. The number of aryl methyl sites for hydroxylation is 1. The van der Waals surface area contributed by atoms with Crippen molar-refractivity contribution in [1.82, 2.24) is 14.7 Å². The predicted molar refractivity (Wildman–Crippen MR) is 96.2 cm³/mol. The van der Waals surface area contributed by atoms with Crippen molar-refractivity contribution in [2.45, 2.75) is 31.4 Å². The molecule has 2 aliphatic rings. The zero-order valence-corrected chi connectivity index (χ0v) is 15.1. The molecule has 0 radical (unpaired) electrons. The third kappa shape index (κ3) is 2.85. The highest BCUT2D eigenvalue weighted by Crippen LogP contribution is 2.50. The van der Waals surface area contributed by atoms with Gasteiger partial charge in [-0.1, -0.05) is 18.2 Å². The van der Waals surface area contributed by atoms with E-state index in [-0.39, 0.29) is 5.92 Å². The Morgan fingerprint density at radius 3 is 2.88 bits per heavy atom. The van der Waals surface area contributed by atoms with Crippen LogP contribution >= 0.6 is 0 Å². The maximum atomic E-state index is 11.7. The Kier molecular flexibility index (Phi) is 4.29. The summed E-state index contributed by atoms with van der Waals surface area (Å²) in [6.45, 7) is 2.86. The van der Waals surface area contributed by atoms with Crippen LogP contribution < -0.4 is 4.74 Å². The van der Waals surface area contributed by atoms with Crippen molar-refractivity contribution in [3.8, 4) is 5.75 Å². The van der Waals surface area contributed by atoms with Crippen LogP contribution in [0.15, 0.2) is 36.5 Å². The van der Waals surface area contributed by atoms with Gasteiger partial charge in [-0.25, -0.2) is 0 Å². The molecular weight excluding hydrogens is 314 g/mol. The minimum atomic E-state index is -0.795. The van der Waals surface area contributed by atoms with Crippen LogP contribution in [0.1, 0.15) is 30.5 Å². The summed E-state index contributed by atoms with van der Waals surface area (Å²) in [5.74, 6) is 1.60. The van der Waals surface area contributed by atoms with Gasteiger partial charge in [0.05, 0.1) is 18.4 Å². The van der Waals surface area contributed by atoms with Crippen LogP contribution in [0.5, 0.6) is 5.75 Å². The quantitative estimate of drug-likeness (QED) is 0.928. The highest BCUT2D eigenvalue weighted by Gasteiger charge is 2.50.